The van der Waals surface area contributed by atoms with E-state index in [1.807, 2.05) is 19.1 Å². The van der Waals surface area contributed by atoms with Crippen molar-refractivity contribution >= 4 is 11.6 Å². The largest absolute Gasteiger partial charge is 0.439 e. The van der Waals surface area contributed by atoms with Gasteiger partial charge in [0.25, 0.3) is 0 Å². The molecule has 28 heavy (non-hydrogen) atoms. The molecule has 146 valence electrons. The van der Waals surface area contributed by atoms with Crippen LogP contribution in [0.25, 0.3) is 0 Å². The van der Waals surface area contributed by atoms with Crippen LogP contribution in [-0.2, 0) is 19.0 Å². The number of hydrogen-bond acceptors (Lipinski definition) is 4. The number of benzene rings is 1. The number of alkyl halides is 3. The smallest absolute Gasteiger partial charge is 0.417 e. The number of pyridine rings is 1. The minimum absolute atomic E-state index is 0.106. The Morgan fingerprint density at radius 1 is 0.964 bits per heavy atom. The van der Waals surface area contributed by atoms with Gasteiger partial charge in [0, 0.05) is 12.3 Å². The number of rotatable bonds is 6. The van der Waals surface area contributed by atoms with Crippen LogP contribution in [0.2, 0.25) is 5.02 Å². The molecule has 2 heterocycles. The molecule has 8 heteroatoms. The van der Waals surface area contributed by atoms with Gasteiger partial charge >= 0.3 is 6.18 Å². The van der Waals surface area contributed by atoms with E-state index in [2.05, 4.69) is 15.0 Å². The predicted octanol–water partition coefficient (Wildman–Crippen LogP) is 5.82. The molecule has 3 aromatic rings. The zero-order valence-electron chi connectivity index (χ0n) is 15.0. The molecule has 0 aliphatic heterocycles. The molecule has 0 fully saturated rings. The monoisotopic (exact) mass is 407 g/mol. The van der Waals surface area contributed by atoms with Crippen LogP contribution >= 0.6 is 11.6 Å². The molecule has 4 nitrogen and oxygen atoms in total. The summed E-state index contributed by atoms with van der Waals surface area (Å²) in [6.07, 6.45) is 0.300. The average Bonchev–Trinajstić information content (AvgIpc) is 2.66. The number of hydrogen-bond donors (Lipinski definition) is 0. The van der Waals surface area contributed by atoms with Gasteiger partial charge in [-0.25, -0.2) is 15.0 Å². The van der Waals surface area contributed by atoms with E-state index in [0.29, 0.717) is 10.8 Å². The molecule has 0 unspecified atom stereocenters. The Hall–Kier alpha value is -2.67. The zero-order chi connectivity index (χ0) is 20.1. The highest BCUT2D eigenvalue weighted by atomic mass is 35.5. The summed E-state index contributed by atoms with van der Waals surface area (Å²) in [5, 5.41) is 0.607. The van der Waals surface area contributed by atoms with Crippen LogP contribution in [0.1, 0.15) is 28.9 Å². The van der Waals surface area contributed by atoms with Gasteiger partial charge in [-0.1, -0.05) is 23.7 Å². The average molecular weight is 408 g/mol. The van der Waals surface area contributed by atoms with Crippen molar-refractivity contribution in [3.8, 4) is 11.6 Å². The molecule has 0 aliphatic carbocycles. The van der Waals surface area contributed by atoms with Crippen molar-refractivity contribution < 1.29 is 17.9 Å². The van der Waals surface area contributed by atoms with Crippen LogP contribution in [-0.4, -0.2) is 15.0 Å². The van der Waals surface area contributed by atoms with E-state index < -0.39 is 11.7 Å². The first-order valence-electron chi connectivity index (χ1n) is 8.59. The summed E-state index contributed by atoms with van der Waals surface area (Å²) in [5.74, 6) is 0.611. The van der Waals surface area contributed by atoms with Gasteiger partial charge < -0.3 is 4.74 Å². The highest BCUT2D eigenvalue weighted by Gasteiger charge is 2.30. The van der Waals surface area contributed by atoms with Crippen LogP contribution in [0.15, 0.2) is 48.9 Å². The second kappa shape index (κ2) is 8.56. The number of halogens is 4. The van der Waals surface area contributed by atoms with Crippen molar-refractivity contribution in [1.29, 1.82) is 0 Å². The molecule has 0 aliphatic rings. The van der Waals surface area contributed by atoms with Gasteiger partial charge in [-0.2, -0.15) is 13.2 Å². The summed E-state index contributed by atoms with van der Waals surface area (Å²) in [6, 6.07) is 9.48. The van der Waals surface area contributed by atoms with Gasteiger partial charge in [-0.3, -0.25) is 0 Å². The Morgan fingerprint density at radius 3 is 2.36 bits per heavy atom. The Morgan fingerprint density at radius 2 is 1.71 bits per heavy atom. The van der Waals surface area contributed by atoms with E-state index in [4.69, 9.17) is 16.3 Å². The molecule has 2 aromatic heterocycles. The van der Waals surface area contributed by atoms with Gasteiger partial charge in [0.15, 0.2) is 0 Å². The van der Waals surface area contributed by atoms with Crippen molar-refractivity contribution in [2.75, 3.05) is 0 Å². The van der Waals surface area contributed by atoms with E-state index in [1.165, 1.54) is 12.4 Å². The Kier molecular flexibility index (Phi) is 6.14. The molecular weight excluding hydrogens is 391 g/mol. The maximum absolute atomic E-state index is 12.5. The minimum atomic E-state index is -4.41. The lowest BCUT2D eigenvalue weighted by atomic mass is 10.1. The summed E-state index contributed by atoms with van der Waals surface area (Å²) in [6.45, 7) is 1.84. The Labute approximate surface area is 165 Å². The molecule has 0 bridgehead atoms. The van der Waals surface area contributed by atoms with Crippen LogP contribution < -0.4 is 4.74 Å². The van der Waals surface area contributed by atoms with E-state index in [0.717, 1.165) is 48.5 Å². The minimum Gasteiger partial charge on any atom is -0.439 e. The van der Waals surface area contributed by atoms with Crippen molar-refractivity contribution in [2.45, 2.75) is 32.4 Å². The number of aryl methyl sites for hydroxylation is 3. The quantitative estimate of drug-likeness (QED) is 0.516. The van der Waals surface area contributed by atoms with Gasteiger partial charge in [0.2, 0.25) is 5.88 Å². The molecule has 0 amide bonds. The van der Waals surface area contributed by atoms with Crippen molar-refractivity contribution in [2.24, 2.45) is 0 Å². The SMILES string of the molecule is Cc1ncnc(CCCc2ccc(Oc3ccc(C(F)(F)F)cn3)cc2)c1Cl. The van der Waals surface area contributed by atoms with Crippen molar-refractivity contribution in [1.82, 2.24) is 15.0 Å². The van der Waals surface area contributed by atoms with E-state index in [9.17, 15) is 13.2 Å². The number of aromatic nitrogens is 3. The lowest BCUT2D eigenvalue weighted by Crippen LogP contribution is -2.05. The van der Waals surface area contributed by atoms with E-state index in [1.54, 1.807) is 12.1 Å². The Bertz CT molecular complexity index is 929. The number of nitrogens with zero attached hydrogens (tertiary/aromatic N) is 3. The van der Waals surface area contributed by atoms with Gasteiger partial charge in [0.1, 0.15) is 12.1 Å². The second-order valence-electron chi connectivity index (χ2n) is 6.20. The third kappa shape index (κ3) is 5.19. The molecular formula is C20H17ClF3N3O. The molecule has 0 saturated heterocycles. The first-order valence-corrected chi connectivity index (χ1v) is 8.97. The van der Waals surface area contributed by atoms with E-state index >= 15 is 0 Å². The second-order valence-corrected chi connectivity index (χ2v) is 6.58. The first-order chi connectivity index (χ1) is 13.3. The van der Waals surface area contributed by atoms with Crippen molar-refractivity contribution in [3.63, 3.8) is 0 Å². The summed E-state index contributed by atoms with van der Waals surface area (Å²) in [5.41, 5.74) is 1.90. The number of ether oxygens (including phenoxy) is 1. The molecule has 0 spiro atoms. The molecule has 1 aromatic carbocycles. The topological polar surface area (TPSA) is 47.9 Å². The summed E-state index contributed by atoms with van der Waals surface area (Å²) >= 11 is 6.20. The van der Waals surface area contributed by atoms with Crippen LogP contribution in [0.3, 0.4) is 0 Å². The standard InChI is InChI=1S/C20H17ClF3N3O/c1-13-19(21)17(27-12-26-13)4-2-3-14-5-8-16(9-6-14)28-18-10-7-15(11-25-18)20(22,23)24/h5-12H,2-4H2,1H3. The van der Waals surface area contributed by atoms with Gasteiger partial charge in [0.05, 0.1) is 22.0 Å². The van der Waals surface area contributed by atoms with Crippen LogP contribution in [0.4, 0.5) is 13.2 Å². The molecule has 0 radical (unpaired) electrons. The maximum Gasteiger partial charge on any atom is 0.417 e. The normalized spacial score (nSPS) is 11.5. The molecule has 0 atom stereocenters. The van der Waals surface area contributed by atoms with E-state index in [-0.39, 0.29) is 5.88 Å². The third-order valence-corrected chi connectivity index (χ3v) is 4.62. The highest BCUT2D eigenvalue weighted by molar-refractivity contribution is 6.31. The van der Waals surface area contributed by atoms with Crippen molar-refractivity contribution in [3.05, 3.63) is 76.5 Å². The fourth-order valence-corrected chi connectivity index (χ4v) is 2.79. The molecule has 3 rings (SSSR count). The summed E-state index contributed by atoms with van der Waals surface area (Å²) in [7, 11) is 0. The predicted molar refractivity (Wildman–Crippen MR) is 99.6 cm³/mol. The first kappa shape index (κ1) is 20.1. The zero-order valence-corrected chi connectivity index (χ0v) is 15.8. The Balaban J connectivity index is 1.54. The highest BCUT2D eigenvalue weighted by Crippen LogP contribution is 2.30. The fourth-order valence-electron chi connectivity index (χ4n) is 2.59. The lowest BCUT2D eigenvalue weighted by molar-refractivity contribution is -0.137. The van der Waals surface area contributed by atoms with Crippen LogP contribution in [0.5, 0.6) is 11.6 Å². The summed E-state index contributed by atoms with van der Waals surface area (Å²) < 4.78 is 43.1. The third-order valence-electron chi connectivity index (χ3n) is 4.12. The lowest BCUT2D eigenvalue weighted by Gasteiger charge is -2.09. The van der Waals surface area contributed by atoms with Crippen LogP contribution in [0, 0.1) is 6.92 Å². The molecule has 0 saturated carbocycles. The molecule has 0 N–H and O–H groups in total. The fraction of sp³-hybridized carbons (Fsp3) is 0.250. The summed E-state index contributed by atoms with van der Waals surface area (Å²) in [4.78, 5) is 12.0. The van der Waals surface area contributed by atoms with Gasteiger partial charge in [-0.15, -0.1) is 0 Å². The van der Waals surface area contributed by atoms with Gasteiger partial charge in [-0.05, 0) is 49.9 Å². The maximum atomic E-state index is 12.5.